The van der Waals surface area contributed by atoms with Crippen LogP contribution in [-0.4, -0.2) is 50.4 Å². The Morgan fingerprint density at radius 3 is 2.47 bits per heavy atom. The van der Waals surface area contributed by atoms with E-state index >= 15 is 0 Å². The topological polar surface area (TPSA) is 95.7 Å². The van der Waals surface area contributed by atoms with Gasteiger partial charge in [-0.1, -0.05) is 30.3 Å². The van der Waals surface area contributed by atoms with Crippen molar-refractivity contribution in [3.63, 3.8) is 0 Å². The van der Waals surface area contributed by atoms with Crippen molar-refractivity contribution >= 4 is 12.4 Å². The van der Waals surface area contributed by atoms with Crippen molar-refractivity contribution in [1.82, 2.24) is 14.7 Å². The van der Waals surface area contributed by atoms with Crippen LogP contribution in [0.15, 0.2) is 48.5 Å². The number of amides is 1. The van der Waals surface area contributed by atoms with Gasteiger partial charge in [0.05, 0.1) is 5.69 Å². The summed E-state index contributed by atoms with van der Waals surface area (Å²) in [7, 11) is 1.93. The van der Waals surface area contributed by atoms with Crippen LogP contribution in [0.25, 0.3) is 11.3 Å². The molecular weight excluding hydrogens is 389 g/mol. The number of hydrogen-bond donors (Lipinski definition) is 2. The maximum atomic E-state index is 13.3. The van der Waals surface area contributed by atoms with Gasteiger partial charge in [0, 0.05) is 48.9 Å². The van der Waals surface area contributed by atoms with E-state index in [0.29, 0.717) is 31.5 Å². The molecule has 0 spiro atoms. The average molecular weight is 411 g/mol. The maximum Gasteiger partial charge on any atom is 0.290 e. The van der Waals surface area contributed by atoms with Gasteiger partial charge in [-0.3, -0.25) is 14.3 Å². The smallest absolute Gasteiger partial charge is 0.290 e. The molecule has 0 saturated heterocycles. The van der Waals surface area contributed by atoms with Gasteiger partial charge in [0.1, 0.15) is 0 Å². The van der Waals surface area contributed by atoms with Crippen LogP contribution in [0.3, 0.4) is 0 Å². The number of aromatic nitrogens is 2. The van der Waals surface area contributed by atoms with E-state index in [1.54, 1.807) is 4.90 Å². The Morgan fingerprint density at radius 2 is 1.80 bits per heavy atom. The lowest BCUT2D eigenvalue weighted by molar-refractivity contribution is -0.122. The first-order valence-corrected chi connectivity index (χ1v) is 9.42. The predicted octanol–water partition coefficient (Wildman–Crippen LogP) is 2.87. The summed E-state index contributed by atoms with van der Waals surface area (Å²) < 4.78 is 15.2. The molecule has 0 atom stereocenters. The molecule has 0 saturated carbocycles. The summed E-state index contributed by atoms with van der Waals surface area (Å²) in [6.07, 6.45) is 1.40. The number of phenolic OH excluding ortho intramolecular Hbond substituents is 1. The van der Waals surface area contributed by atoms with E-state index in [1.165, 1.54) is 17.7 Å². The molecule has 0 unspecified atom stereocenters. The fraction of sp³-hybridized carbons (Fsp3) is 0.227. The zero-order chi connectivity index (χ0) is 21.7. The minimum absolute atomic E-state index is 0.202. The number of aryl methyl sites for hydroxylation is 1. The molecule has 156 valence electrons. The number of carbonyl (C=O) groups is 2. The first kappa shape index (κ1) is 21.0. The Hall–Kier alpha value is -3.68. The summed E-state index contributed by atoms with van der Waals surface area (Å²) in [5, 5.41) is 21.1. The Kier molecular flexibility index (Phi) is 6.46. The third-order valence-electron chi connectivity index (χ3n) is 5.05. The fourth-order valence-corrected chi connectivity index (χ4v) is 3.64. The minimum Gasteiger partial charge on any atom is -0.505 e. The van der Waals surface area contributed by atoms with Crippen LogP contribution >= 0.6 is 0 Å². The van der Waals surface area contributed by atoms with E-state index in [2.05, 4.69) is 0 Å². The standard InChI is InChI=1S/C21H20FN3O2.CH2O2/c1-24-18-10-12-25(21(27)15-7-8-17(22)19(26)13-15)11-9-16(18)20(23-24)14-5-3-2-4-6-14;2-1-3/h2-8,13,26H,9-12H2,1H3;1H,(H,2,3). The highest BCUT2D eigenvalue weighted by Crippen LogP contribution is 2.28. The Labute approximate surface area is 173 Å². The van der Waals surface area contributed by atoms with Gasteiger partial charge in [-0.2, -0.15) is 5.10 Å². The van der Waals surface area contributed by atoms with Crippen molar-refractivity contribution in [3.8, 4) is 17.0 Å². The van der Waals surface area contributed by atoms with Gasteiger partial charge in [-0.25, -0.2) is 4.39 Å². The minimum atomic E-state index is -0.728. The van der Waals surface area contributed by atoms with Gasteiger partial charge in [0.2, 0.25) is 0 Å². The molecule has 2 N–H and O–H groups in total. The van der Waals surface area contributed by atoms with Gasteiger partial charge in [0.25, 0.3) is 12.4 Å². The zero-order valence-corrected chi connectivity index (χ0v) is 16.5. The van der Waals surface area contributed by atoms with Crippen LogP contribution in [0.1, 0.15) is 21.6 Å². The molecular formula is C22H22FN3O4. The zero-order valence-electron chi connectivity index (χ0n) is 16.5. The second-order valence-electron chi connectivity index (χ2n) is 6.83. The molecule has 0 bridgehead atoms. The molecule has 1 amide bonds. The molecule has 1 aliphatic rings. The number of carbonyl (C=O) groups excluding carboxylic acids is 1. The second kappa shape index (κ2) is 9.21. The van der Waals surface area contributed by atoms with E-state index in [0.717, 1.165) is 23.0 Å². The van der Waals surface area contributed by atoms with Crippen LogP contribution < -0.4 is 0 Å². The van der Waals surface area contributed by atoms with Crippen molar-refractivity contribution in [1.29, 1.82) is 0 Å². The number of hydrogen-bond acceptors (Lipinski definition) is 4. The van der Waals surface area contributed by atoms with Gasteiger partial charge in [-0.15, -0.1) is 0 Å². The fourth-order valence-electron chi connectivity index (χ4n) is 3.64. The van der Waals surface area contributed by atoms with E-state index in [4.69, 9.17) is 15.0 Å². The molecule has 0 fully saturated rings. The van der Waals surface area contributed by atoms with Crippen molar-refractivity contribution in [2.24, 2.45) is 7.05 Å². The molecule has 1 aromatic heterocycles. The van der Waals surface area contributed by atoms with Crippen molar-refractivity contribution < 1.29 is 24.2 Å². The number of halogens is 1. The molecule has 1 aliphatic heterocycles. The van der Waals surface area contributed by atoms with Gasteiger partial charge >= 0.3 is 0 Å². The molecule has 30 heavy (non-hydrogen) atoms. The summed E-state index contributed by atoms with van der Waals surface area (Å²) in [6.45, 7) is 0.854. The SMILES string of the molecule is Cn1nc(-c2ccccc2)c2c1CCN(C(=O)c1ccc(F)c(O)c1)CC2.O=CO. The van der Waals surface area contributed by atoms with Crippen LogP contribution in [0, 0.1) is 5.82 Å². The van der Waals surface area contributed by atoms with Gasteiger partial charge < -0.3 is 15.1 Å². The number of carboxylic acid groups (broad SMARTS) is 1. The number of rotatable bonds is 2. The quantitative estimate of drug-likeness (QED) is 0.633. The molecule has 3 aromatic rings. The number of aromatic hydroxyl groups is 1. The highest BCUT2D eigenvalue weighted by Gasteiger charge is 2.25. The van der Waals surface area contributed by atoms with Crippen molar-refractivity contribution in [3.05, 3.63) is 71.2 Å². The first-order valence-electron chi connectivity index (χ1n) is 9.42. The van der Waals surface area contributed by atoms with E-state index < -0.39 is 11.6 Å². The highest BCUT2D eigenvalue weighted by atomic mass is 19.1. The Morgan fingerprint density at radius 1 is 1.13 bits per heavy atom. The average Bonchev–Trinajstić information content (AvgIpc) is 2.91. The van der Waals surface area contributed by atoms with E-state index in [1.807, 2.05) is 42.1 Å². The maximum absolute atomic E-state index is 13.3. The van der Waals surface area contributed by atoms with Crippen LogP contribution in [0.4, 0.5) is 4.39 Å². The number of nitrogens with zero attached hydrogens (tertiary/aromatic N) is 3. The van der Waals surface area contributed by atoms with Crippen molar-refractivity contribution in [2.75, 3.05) is 13.1 Å². The number of benzene rings is 2. The molecule has 7 nitrogen and oxygen atoms in total. The summed E-state index contributed by atoms with van der Waals surface area (Å²) >= 11 is 0. The highest BCUT2D eigenvalue weighted by molar-refractivity contribution is 5.94. The predicted molar refractivity (Wildman–Crippen MR) is 109 cm³/mol. The summed E-state index contributed by atoms with van der Waals surface area (Å²) in [5.74, 6) is -1.43. The third kappa shape index (κ3) is 4.32. The monoisotopic (exact) mass is 411 g/mol. The normalized spacial score (nSPS) is 12.9. The summed E-state index contributed by atoms with van der Waals surface area (Å²) in [6, 6.07) is 13.7. The van der Waals surface area contributed by atoms with Gasteiger partial charge in [0.15, 0.2) is 11.6 Å². The molecule has 2 aromatic carbocycles. The van der Waals surface area contributed by atoms with Crippen molar-refractivity contribution in [2.45, 2.75) is 12.8 Å². The molecule has 0 aliphatic carbocycles. The Balaban J connectivity index is 0.000000806. The van der Waals surface area contributed by atoms with Crippen LogP contribution in [-0.2, 0) is 24.7 Å². The van der Waals surface area contributed by atoms with Gasteiger partial charge in [-0.05, 0) is 24.6 Å². The van der Waals surface area contributed by atoms with E-state index in [-0.39, 0.29) is 12.4 Å². The lowest BCUT2D eigenvalue weighted by Crippen LogP contribution is -2.33. The molecule has 4 rings (SSSR count). The van der Waals surface area contributed by atoms with E-state index in [9.17, 15) is 14.3 Å². The Bertz CT molecular complexity index is 1050. The second-order valence-corrected chi connectivity index (χ2v) is 6.83. The molecule has 0 radical (unpaired) electrons. The molecule has 8 heteroatoms. The summed E-state index contributed by atoms with van der Waals surface area (Å²) in [4.78, 5) is 22.9. The lowest BCUT2D eigenvalue weighted by Gasteiger charge is -2.20. The largest absolute Gasteiger partial charge is 0.505 e. The molecule has 2 heterocycles. The first-order chi connectivity index (χ1) is 14.5. The third-order valence-corrected chi connectivity index (χ3v) is 5.05. The number of phenols is 1. The lowest BCUT2D eigenvalue weighted by atomic mass is 10.0. The van der Waals surface area contributed by atoms with Crippen LogP contribution in [0.5, 0.6) is 5.75 Å². The van der Waals surface area contributed by atoms with Crippen LogP contribution in [0.2, 0.25) is 0 Å². The summed E-state index contributed by atoms with van der Waals surface area (Å²) in [5.41, 5.74) is 4.62. The number of fused-ring (bicyclic) bond motifs is 1.